The Bertz CT molecular complexity index is 1270. The molecule has 192 valence electrons. The van der Waals surface area contributed by atoms with E-state index in [-0.39, 0.29) is 12.1 Å². The van der Waals surface area contributed by atoms with Gasteiger partial charge in [0.15, 0.2) is 0 Å². The van der Waals surface area contributed by atoms with E-state index in [9.17, 15) is 18.0 Å². The number of amides is 2. The predicted molar refractivity (Wildman–Crippen MR) is 137 cm³/mol. The van der Waals surface area contributed by atoms with E-state index >= 15 is 0 Å². The highest BCUT2D eigenvalue weighted by Crippen LogP contribution is 2.26. The summed E-state index contributed by atoms with van der Waals surface area (Å²) in [4.78, 5) is 31.0. The Labute approximate surface area is 214 Å². The van der Waals surface area contributed by atoms with Crippen molar-refractivity contribution in [2.24, 2.45) is 0 Å². The first-order chi connectivity index (χ1) is 17.0. The summed E-state index contributed by atoms with van der Waals surface area (Å²) in [6.07, 6.45) is -0.0912. The molecule has 0 fully saturated rings. The van der Waals surface area contributed by atoms with Crippen molar-refractivity contribution in [3.8, 4) is 0 Å². The van der Waals surface area contributed by atoms with Gasteiger partial charge >= 0.3 is 16.4 Å². The number of alkyl carbamates (subject to hydrolysis) is 1. The Kier molecular flexibility index (Phi) is 9.02. The second-order valence-electron chi connectivity index (χ2n) is 8.11. The fraction of sp³-hybridized carbons (Fsp3) is 0.292. The molecule has 1 heterocycles. The van der Waals surface area contributed by atoms with Gasteiger partial charge in [-0.15, -0.1) is 11.3 Å². The van der Waals surface area contributed by atoms with E-state index < -0.39 is 34.4 Å². The van der Waals surface area contributed by atoms with Gasteiger partial charge in [0.1, 0.15) is 11.0 Å². The van der Waals surface area contributed by atoms with Gasteiger partial charge in [-0.25, -0.2) is 9.78 Å². The molecule has 3 rings (SSSR count). The van der Waals surface area contributed by atoms with Crippen LogP contribution in [0.25, 0.3) is 0 Å². The average molecular weight is 533 g/mol. The summed E-state index contributed by atoms with van der Waals surface area (Å²) in [6.45, 7) is 3.84. The number of nitrogens with one attached hydrogen (secondary N) is 3. The van der Waals surface area contributed by atoms with Gasteiger partial charge in [0.25, 0.3) is 0 Å². The minimum atomic E-state index is -4.38. The maximum Gasteiger partial charge on any atom is 0.407 e. The lowest BCUT2D eigenvalue weighted by atomic mass is 10.0. The summed E-state index contributed by atoms with van der Waals surface area (Å²) < 4.78 is 37.8. The van der Waals surface area contributed by atoms with Crippen molar-refractivity contribution in [2.45, 2.75) is 38.8 Å². The third-order valence-electron chi connectivity index (χ3n) is 5.38. The Morgan fingerprint density at radius 1 is 1.00 bits per heavy atom. The zero-order valence-electron chi connectivity index (χ0n) is 20.0. The normalized spacial score (nSPS) is 12.9. The second-order valence-corrected chi connectivity index (χ2v) is 10.5. The minimum absolute atomic E-state index is 0.202. The van der Waals surface area contributed by atoms with Crippen LogP contribution in [0.4, 0.5) is 10.5 Å². The summed E-state index contributed by atoms with van der Waals surface area (Å²) >= 11 is 1.47. The molecule has 0 spiro atoms. The zero-order chi connectivity index (χ0) is 26.3. The first-order valence-corrected chi connectivity index (χ1v) is 13.3. The maximum atomic E-state index is 13.4. The van der Waals surface area contributed by atoms with Crippen LogP contribution in [-0.4, -0.2) is 43.1 Å². The van der Waals surface area contributed by atoms with Gasteiger partial charge in [-0.1, -0.05) is 42.5 Å². The number of aromatic nitrogens is 1. The Morgan fingerprint density at radius 3 is 2.19 bits per heavy atom. The molecule has 0 aliphatic heterocycles. The maximum absolute atomic E-state index is 13.4. The number of anilines is 1. The van der Waals surface area contributed by atoms with E-state index in [1.54, 1.807) is 12.1 Å². The number of carbonyl (C=O) groups is 2. The largest absolute Gasteiger partial charge is 0.453 e. The number of benzene rings is 2. The van der Waals surface area contributed by atoms with Gasteiger partial charge in [-0.3, -0.25) is 14.1 Å². The number of aryl methyl sites for hydroxylation is 2. The fourth-order valence-corrected chi connectivity index (χ4v) is 4.88. The van der Waals surface area contributed by atoms with Crippen LogP contribution in [-0.2, 0) is 32.7 Å². The quantitative estimate of drug-likeness (QED) is 0.293. The van der Waals surface area contributed by atoms with Gasteiger partial charge in [0.2, 0.25) is 5.91 Å². The number of nitrogens with zero attached hydrogens (tertiary/aromatic N) is 1. The minimum Gasteiger partial charge on any atom is -0.453 e. The predicted octanol–water partition coefficient (Wildman–Crippen LogP) is 3.34. The van der Waals surface area contributed by atoms with Crippen LogP contribution in [0.15, 0.2) is 54.6 Å². The van der Waals surface area contributed by atoms with Crippen LogP contribution in [0.2, 0.25) is 0 Å². The van der Waals surface area contributed by atoms with E-state index in [2.05, 4.69) is 15.6 Å². The molecular weight excluding hydrogens is 504 g/mol. The smallest absolute Gasteiger partial charge is 0.407 e. The molecule has 1 aromatic heterocycles. The van der Waals surface area contributed by atoms with Crippen molar-refractivity contribution in [3.05, 3.63) is 81.3 Å². The Balaban J connectivity index is 1.84. The van der Waals surface area contributed by atoms with Gasteiger partial charge in [-0.05, 0) is 43.5 Å². The van der Waals surface area contributed by atoms with E-state index in [0.717, 1.165) is 21.7 Å². The number of ether oxygens (including phenoxy) is 1. The third-order valence-corrected chi connectivity index (χ3v) is 7.06. The SMILES string of the molecule is COC(=O)N[C@@H](Cc1ccccc1)C(=O)N[C@@H](Cc1ccc(NS(=O)(=O)O)cc1)c1nc(C)c(C)s1. The number of carbonyl (C=O) groups excluding carboxylic acids is 2. The van der Waals surface area contributed by atoms with Crippen LogP contribution in [0.5, 0.6) is 0 Å². The third kappa shape index (κ3) is 8.04. The topological polar surface area (TPSA) is 147 Å². The van der Waals surface area contributed by atoms with E-state index in [1.807, 2.05) is 48.9 Å². The van der Waals surface area contributed by atoms with Crippen molar-refractivity contribution in [1.82, 2.24) is 15.6 Å². The molecule has 0 bridgehead atoms. The lowest BCUT2D eigenvalue weighted by molar-refractivity contribution is -0.123. The molecule has 4 N–H and O–H groups in total. The van der Waals surface area contributed by atoms with Gasteiger partial charge in [0, 0.05) is 11.3 Å². The molecule has 0 aliphatic carbocycles. The molecule has 2 atom stereocenters. The molecule has 2 aromatic carbocycles. The molecule has 0 saturated heterocycles. The molecule has 0 radical (unpaired) electrons. The van der Waals surface area contributed by atoms with E-state index in [4.69, 9.17) is 9.29 Å². The first kappa shape index (κ1) is 27.1. The number of hydrogen-bond donors (Lipinski definition) is 4. The Morgan fingerprint density at radius 2 is 1.64 bits per heavy atom. The lowest BCUT2D eigenvalue weighted by Crippen LogP contribution is -2.49. The summed E-state index contributed by atoms with van der Waals surface area (Å²) in [6, 6.07) is 14.3. The van der Waals surface area contributed by atoms with E-state index in [0.29, 0.717) is 11.4 Å². The summed E-state index contributed by atoms with van der Waals surface area (Å²) in [5.74, 6) is -0.399. The number of hydrogen-bond acceptors (Lipinski definition) is 7. The number of rotatable bonds is 10. The van der Waals surface area contributed by atoms with Crippen LogP contribution < -0.4 is 15.4 Å². The summed E-state index contributed by atoms with van der Waals surface area (Å²) in [7, 11) is -3.15. The summed E-state index contributed by atoms with van der Waals surface area (Å²) in [5, 5.41) is 6.32. The van der Waals surface area contributed by atoms with Crippen LogP contribution >= 0.6 is 11.3 Å². The van der Waals surface area contributed by atoms with Crippen molar-refractivity contribution in [3.63, 3.8) is 0 Å². The first-order valence-electron chi connectivity index (χ1n) is 11.0. The molecular formula is C24H28N4O6S2. The average Bonchev–Trinajstić information content (AvgIpc) is 3.17. The lowest BCUT2D eigenvalue weighted by Gasteiger charge is -2.22. The molecule has 10 nitrogen and oxygen atoms in total. The van der Waals surface area contributed by atoms with E-state index in [1.165, 1.54) is 30.6 Å². The monoisotopic (exact) mass is 532 g/mol. The molecule has 0 unspecified atom stereocenters. The molecule has 12 heteroatoms. The van der Waals surface area contributed by atoms with Gasteiger partial charge in [-0.2, -0.15) is 8.42 Å². The van der Waals surface area contributed by atoms with Gasteiger partial charge < -0.3 is 15.4 Å². The molecule has 0 saturated carbocycles. The molecule has 36 heavy (non-hydrogen) atoms. The van der Waals surface area contributed by atoms with Crippen molar-refractivity contribution in [2.75, 3.05) is 11.8 Å². The van der Waals surface area contributed by atoms with Gasteiger partial charge in [0.05, 0.1) is 24.5 Å². The second kappa shape index (κ2) is 12.0. The standard InChI is InChI=1S/C24H28N4O6S2/c1-15-16(2)35-23(25-15)21(14-18-9-11-19(12-10-18)28-36(31,32)33)26-22(29)20(27-24(30)34-3)13-17-7-5-4-6-8-17/h4-12,20-21,28H,13-14H2,1-3H3,(H,26,29)(H,27,30)(H,31,32,33)/t20-,21-/m0/s1. The van der Waals surface area contributed by atoms with Crippen molar-refractivity contribution in [1.29, 1.82) is 0 Å². The number of thiazole rings is 1. The van der Waals surface area contributed by atoms with Crippen molar-refractivity contribution >= 4 is 39.3 Å². The molecule has 3 aromatic rings. The highest BCUT2D eigenvalue weighted by atomic mass is 32.2. The van der Waals surface area contributed by atoms with Crippen LogP contribution in [0, 0.1) is 13.8 Å². The highest BCUT2D eigenvalue weighted by Gasteiger charge is 2.26. The Hall–Kier alpha value is -3.48. The zero-order valence-corrected chi connectivity index (χ0v) is 21.7. The van der Waals surface area contributed by atoms with Crippen LogP contribution in [0.1, 0.15) is 32.7 Å². The molecule has 0 aliphatic rings. The van der Waals surface area contributed by atoms with Crippen molar-refractivity contribution < 1.29 is 27.3 Å². The fourth-order valence-electron chi connectivity index (χ4n) is 3.47. The highest BCUT2D eigenvalue weighted by molar-refractivity contribution is 7.87. The summed E-state index contributed by atoms with van der Waals surface area (Å²) in [5.41, 5.74) is 2.73. The molecule has 2 amide bonds. The van der Waals surface area contributed by atoms with Crippen LogP contribution in [0.3, 0.4) is 0 Å². The number of methoxy groups -OCH3 is 1.